The zero-order valence-electron chi connectivity index (χ0n) is 22.8. The summed E-state index contributed by atoms with van der Waals surface area (Å²) in [7, 11) is 0. The number of primary amides is 1. The largest absolute Gasteiger partial charge is 0.382 e. The number of likely N-dealkylation sites (tertiary alicyclic amines) is 1. The topological polar surface area (TPSA) is 115 Å². The zero-order chi connectivity index (χ0) is 27.6. The molecule has 1 aliphatic heterocycles. The first-order valence-corrected chi connectivity index (χ1v) is 14.1. The monoisotopic (exact) mass is 533 g/mol. The third-order valence-corrected chi connectivity index (χ3v) is 8.25. The number of hydrogen-bond acceptors (Lipinski definition) is 6. The summed E-state index contributed by atoms with van der Waals surface area (Å²) in [5.74, 6) is 1.69. The summed E-state index contributed by atoms with van der Waals surface area (Å²) in [5.41, 5.74) is 17.5. The van der Waals surface area contributed by atoms with E-state index in [0.29, 0.717) is 11.7 Å². The molecule has 3 aromatic heterocycles. The minimum Gasteiger partial charge on any atom is -0.382 e. The van der Waals surface area contributed by atoms with Crippen molar-refractivity contribution in [2.75, 3.05) is 25.4 Å². The van der Waals surface area contributed by atoms with E-state index in [1.165, 1.54) is 0 Å². The van der Waals surface area contributed by atoms with E-state index in [0.717, 1.165) is 90.1 Å². The number of fused-ring (bicyclic) bond motifs is 2. The van der Waals surface area contributed by atoms with Gasteiger partial charge in [-0.2, -0.15) is 0 Å². The third-order valence-electron chi connectivity index (χ3n) is 8.25. The molecule has 4 heterocycles. The molecule has 0 spiro atoms. The minimum absolute atomic E-state index is 0.00538. The van der Waals surface area contributed by atoms with Crippen LogP contribution in [0, 0.1) is 11.8 Å². The highest BCUT2D eigenvalue weighted by molar-refractivity contribution is 5.91. The summed E-state index contributed by atoms with van der Waals surface area (Å²) in [4.78, 5) is 28.6. The number of carbonyl (C=O) groups is 1. The van der Waals surface area contributed by atoms with E-state index in [1.807, 2.05) is 24.4 Å². The fraction of sp³-hybridized carbons (Fsp3) is 0.312. The van der Waals surface area contributed by atoms with Crippen LogP contribution in [0.2, 0.25) is 0 Å². The van der Waals surface area contributed by atoms with Crippen molar-refractivity contribution >= 4 is 28.1 Å². The number of anilines is 1. The van der Waals surface area contributed by atoms with Gasteiger partial charge in [0, 0.05) is 47.8 Å². The van der Waals surface area contributed by atoms with Crippen molar-refractivity contribution in [1.29, 1.82) is 0 Å². The Kier molecular flexibility index (Phi) is 7.17. The van der Waals surface area contributed by atoms with Gasteiger partial charge in [-0.3, -0.25) is 9.20 Å². The lowest BCUT2D eigenvalue weighted by Crippen LogP contribution is -2.41. The Hall–Kier alpha value is -4.30. The maximum absolute atomic E-state index is 11.6. The summed E-state index contributed by atoms with van der Waals surface area (Å²) in [5, 5.41) is 1.07. The Morgan fingerprint density at radius 2 is 1.80 bits per heavy atom. The molecule has 1 aliphatic rings. The molecule has 0 unspecified atom stereocenters. The third kappa shape index (κ3) is 5.14. The standard InChI is InChI=1S/C32H35N7O/c1-2-21(20-38-15-12-24(13-16-38)32(34)40)18-28-37-29(30-31(33)35-14-17-39(28)30)25-9-8-23-10-11-26(36-27(23)19-25)22-6-4-3-5-7-22/h3-11,14,17,19,21,24H,2,12-13,15-16,18,20H2,1H3,(H2,33,35)(H2,34,40)/t21-/m0/s1. The van der Waals surface area contributed by atoms with Crippen LogP contribution >= 0.6 is 0 Å². The van der Waals surface area contributed by atoms with Crippen LogP contribution < -0.4 is 11.5 Å². The SMILES string of the molecule is CC[C@@H](Cc1nc(-c2ccc3ccc(-c4ccccc4)nc3c2)c2c(N)nccn12)CN1CCC(C(N)=O)CC1. The van der Waals surface area contributed by atoms with E-state index < -0.39 is 0 Å². The Labute approximate surface area is 234 Å². The molecule has 2 aromatic carbocycles. The normalized spacial score (nSPS) is 15.5. The van der Waals surface area contributed by atoms with Crippen LogP contribution in [0.25, 0.3) is 38.9 Å². The number of pyridine rings is 1. The van der Waals surface area contributed by atoms with E-state index in [-0.39, 0.29) is 11.8 Å². The van der Waals surface area contributed by atoms with Crippen LogP contribution in [0.3, 0.4) is 0 Å². The molecule has 1 amide bonds. The number of nitrogen functional groups attached to an aromatic ring is 1. The van der Waals surface area contributed by atoms with E-state index >= 15 is 0 Å². The lowest BCUT2D eigenvalue weighted by molar-refractivity contribution is -0.123. The van der Waals surface area contributed by atoms with Crippen LogP contribution in [-0.4, -0.2) is 49.8 Å². The smallest absolute Gasteiger partial charge is 0.220 e. The Balaban J connectivity index is 1.31. The molecule has 1 saturated heterocycles. The highest BCUT2D eigenvalue weighted by atomic mass is 16.1. The second-order valence-corrected chi connectivity index (χ2v) is 10.8. The van der Waals surface area contributed by atoms with Gasteiger partial charge in [-0.25, -0.2) is 15.0 Å². The minimum atomic E-state index is -0.172. The number of carbonyl (C=O) groups excluding carboxylic acids is 1. The maximum Gasteiger partial charge on any atom is 0.220 e. The molecule has 1 fully saturated rings. The molecular formula is C32H35N7O. The number of benzene rings is 2. The molecule has 0 saturated carbocycles. The second kappa shape index (κ2) is 11.1. The van der Waals surface area contributed by atoms with Crippen LogP contribution in [0.5, 0.6) is 0 Å². The number of nitrogens with two attached hydrogens (primary N) is 2. The molecule has 0 radical (unpaired) electrons. The number of rotatable bonds is 8. The molecular weight excluding hydrogens is 498 g/mol. The summed E-state index contributed by atoms with van der Waals surface area (Å²) < 4.78 is 2.09. The number of amides is 1. The van der Waals surface area contributed by atoms with Crippen molar-refractivity contribution in [3.05, 3.63) is 78.9 Å². The van der Waals surface area contributed by atoms with Crippen molar-refractivity contribution in [3.8, 4) is 22.5 Å². The molecule has 204 valence electrons. The number of hydrogen-bond donors (Lipinski definition) is 2. The quantitative estimate of drug-likeness (QED) is 0.291. The van der Waals surface area contributed by atoms with Gasteiger partial charge in [0.1, 0.15) is 22.9 Å². The van der Waals surface area contributed by atoms with Gasteiger partial charge in [-0.05, 0) is 44.0 Å². The summed E-state index contributed by atoms with van der Waals surface area (Å²) >= 11 is 0. The van der Waals surface area contributed by atoms with Gasteiger partial charge in [0.2, 0.25) is 5.91 Å². The van der Waals surface area contributed by atoms with Crippen LogP contribution in [0.1, 0.15) is 32.0 Å². The first kappa shape index (κ1) is 26.0. The van der Waals surface area contributed by atoms with Gasteiger partial charge in [-0.1, -0.05) is 61.9 Å². The van der Waals surface area contributed by atoms with Gasteiger partial charge in [0.15, 0.2) is 0 Å². The van der Waals surface area contributed by atoms with Crippen LogP contribution in [0.15, 0.2) is 73.1 Å². The number of aromatic nitrogens is 4. The van der Waals surface area contributed by atoms with Gasteiger partial charge >= 0.3 is 0 Å². The fourth-order valence-corrected chi connectivity index (χ4v) is 5.87. The van der Waals surface area contributed by atoms with Crippen molar-refractivity contribution < 1.29 is 4.79 Å². The highest BCUT2D eigenvalue weighted by Crippen LogP contribution is 2.32. The van der Waals surface area contributed by atoms with Crippen LogP contribution in [0.4, 0.5) is 5.82 Å². The zero-order valence-corrected chi connectivity index (χ0v) is 22.8. The van der Waals surface area contributed by atoms with Crippen LogP contribution in [-0.2, 0) is 11.2 Å². The summed E-state index contributed by atoms with van der Waals surface area (Å²) in [6, 6.07) is 20.7. The van der Waals surface area contributed by atoms with Gasteiger partial charge in [-0.15, -0.1) is 0 Å². The molecule has 0 aliphatic carbocycles. The van der Waals surface area contributed by atoms with E-state index in [1.54, 1.807) is 6.20 Å². The van der Waals surface area contributed by atoms with E-state index in [2.05, 4.69) is 63.7 Å². The molecule has 6 rings (SSSR count). The summed E-state index contributed by atoms with van der Waals surface area (Å²) in [6.45, 7) is 5.01. The molecule has 1 atom stereocenters. The second-order valence-electron chi connectivity index (χ2n) is 10.8. The average molecular weight is 534 g/mol. The van der Waals surface area contributed by atoms with Gasteiger partial charge < -0.3 is 16.4 Å². The molecule has 0 bridgehead atoms. The van der Waals surface area contributed by atoms with Crippen molar-refractivity contribution in [3.63, 3.8) is 0 Å². The Bertz CT molecular complexity index is 1650. The summed E-state index contributed by atoms with van der Waals surface area (Å²) in [6.07, 6.45) is 7.22. The molecule has 4 N–H and O–H groups in total. The fourth-order valence-electron chi connectivity index (χ4n) is 5.87. The molecule has 8 heteroatoms. The number of nitrogens with zero attached hydrogens (tertiary/aromatic N) is 5. The number of piperidine rings is 1. The predicted molar refractivity (Wildman–Crippen MR) is 159 cm³/mol. The van der Waals surface area contributed by atoms with Crippen molar-refractivity contribution in [1.82, 2.24) is 24.3 Å². The first-order chi connectivity index (χ1) is 19.5. The molecule has 8 nitrogen and oxygen atoms in total. The Morgan fingerprint density at radius 1 is 1.02 bits per heavy atom. The maximum atomic E-state index is 11.6. The van der Waals surface area contributed by atoms with Gasteiger partial charge in [0.25, 0.3) is 0 Å². The average Bonchev–Trinajstić information content (AvgIpc) is 3.36. The van der Waals surface area contributed by atoms with E-state index in [9.17, 15) is 4.79 Å². The van der Waals surface area contributed by atoms with Crippen molar-refractivity contribution in [2.45, 2.75) is 32.6 Å². The lowest BCUT2D eigenvalue weighted by atomic mass is 9.94. The molecule has 5 aromatic rings. The van der Waals surface area contributed by atoms with E-state index in [4.69, 9.17) is 21.4 Å². The Morgan fingerprint density at radius 3 is 2.55 bits per heavy atom. The predicted octanol–water partition coefficient (Wildman–Crippen LogP) is 4.96. The highest BCUT2D eigenvalue weighted by Gasteiger charge is 2.25. The van der Waals surface area contributed by atoms with Gasteiger partial charge in [0.05, 0.1) is 11.2 Å². The number of imidazole rings is 1. The molecule has 40 heavy (non-hydrogen) atoms. The first-order valence-electron chi connectivity index (χ1n) is 14.1. The van der Waals surface area contributed by atoms with Crippen molar-refractivity contribution in [2.24, 2.45) is 17.6 Å². The lowest BCUT2D eigenvalue weighted by Gasteiger charge is -2.32.